The van der Waals surface area contributed by atoms with Gasteiger partial charge in [-0.3, -0.25) is 19.4 Å². The fraction of sp³-hybridized carbons (Fsp3) is 0.833. The van der Waals surface area contributed by atoms with E-state index in [9.17, 15) is 9.59 Å². The number of carbonyl (C=O) groups excluding carboxylic acids is 2. The fourth-order valence-electron chi connectivity index (χ4n) is 2.51. The predicted octanol–water partition coefficient (Wildman–Crippen LogP) is -0.182. The maximum Gasteiger partial charge on any atom is 0.229 e. The van der Waals surface area contributed by atoms with Crippen LogP contribution in [0.1, 0.15) is 26.7 Å². The van der Waals surface area contributed by atoms with Gasteiger partial charge in [-0.25, -0.2) is 0 Å². The Balaban J connectivity index is 1.84. The van der Waals surface area contributed by atoms with Crippen molar-refractivity contribution < 1.29 is 9.59 Å². The molecule has 5 nitrogen and oxygen atoms in total. The van der Waals surface area contributed by atoms with Crippen molar-refractivity contribution in [1.82, 2.24) is 15.1 Å². The quantitative estimate of drug-likeness (QED) is 0.694. The highest BCUT2D eigenvalue weighted by Gasteiger charge is 2.30. The summed E-state index contributed by atoms with van der Waals surface area (Å²) in [5.41, 5.74) is 0. The van der Waals surface area contributed by atoms with Crippen molar-refractivity contribution in [3.05, 3.63) is 0 Å². The van der Waals surface area contributed by atoms with Gasteiger partial charge in [0.1, 0.15) is 0 Å². The molecule has 96 valence electrons. The lowest BCUT2D eigenvalue weighted by Gasteiger charge is -2.38. The lowest BCUT2D eigenvalue weighted by atomic mass is 10.1. The van der Waals surface area contributed by atoms with E-state index in [2.05, 4.69) is 24.1 Å². The van der Waals surface area contributed by atoms with E-state index in [-0.39, 0.29) is 11.8 Å². The van der Waals surface area contributed by atoms with Crippen LogP contribution < -0.4 is 5.32 Å². The van der Waals surface area contributed by atoms with Crippen molar-refractivity contribution in [3.63, 3.8) is 0 Å². The first-order chi connectivity index (χ1) is 8.08. The molecule has 0 radical (unpaired) electrons. The number of hydrogen-bond acceptors (Lipinski definition) is 4. The van der Waals surface area contributed by atoms with Gasteiger partial charge in [-0.1, -0.05) is 0 Å². The first-order valence-corrected chi connectivity index (χ1v) is 6.38. The lowest BCUT2D eigenvalue weighted by molar-refractivity contribution is -0.138. The zero-order valence-electron chi connectivity index (χ0n) is 10.6. The molecule has 0 bridgehead atoms. The van der Waals surface area contributed by atoms with Crippen LogP contribution in [0.2, 0.25) is 0 Å². The van der Waals surface area contributed by atoms with E-state index in [1.807, 2.05) is 0 Å². The molecule has 2 rings (SSSR count). The van der Waals surface area contributed by atoms with Crippen LogP contribution in [0.15, 0.2) is 0 Å². The van der Waals surface area contributed by atoms with E-state index in [1.54, 1.807) is 0 Å². The number of rotatable bonds is 3. The monoisotopic (exact) mass is 239 g/mol. The van der Waals surface area contributed by atoms with Gasteiger partial charge in [-0.15, -0.1) is 0 Å². The minimum atomic E-state index is -0.00849. The summed E-state index contributed by atoms with van der Waals surface area (Å²) in [4.78, 5) is 26.7. The minimum Gasteiger partial charge on any atom is -0.311 e. The third kappa shape index (κ3) is 2.84. The summed E-state index contributed by atoms with van der Waals surface area (Å²) in [7, 11) is 0. The molecule has 2 aliphatic heterocycles. The van der Waals surface area contributed by atoms with E-state index in [0.717, 1.165) is 19.6 Å². The molecular weight excluding hydrogens is 218 g/mol. The van der Waals surface area contributed by atoms with Crippen molar-refractivity contribution in [1.29, 1.82) is 0 Å². The van der Waals surface area contributed by atoms with Gasteiger partial charge in [0, 0.05) is 51.1 Å². The zero-order valence-corrected chi connectivity index (χ0v) is 10.6. The molecule has 0 spiro atoms. The third-order valence-electron chi connectivity index (χ3n) is 3.66. The molecule has 2 unspecified atom stereocenters. The largest absolute Gasteiger partial charge is 0.311 e. The summed E-state index contributed by atoms with van der Waals surface area (Å²) in [5.74, 6) is -0.0170. The smallest absolute Gasteiger partial charge is 0.229 e. The summed E-state index contributed by atoms with van der Waals surface area (Å²) < 4.78 is 0. The van der Waals surface area contributed by atoms with Gasteiger partial charge in [0.15, 0.2) is 0 Å². The van der Waals surface area contributed by atoms with Crippen molar-refractivity contribution in [3.8, 4) is 0 Å². The molecule has 0 aromatic rings. The standard InChI is InChI=1S/C12H21N3O2/c1-9-8-14(10(2)7-13-9)5-6-15-11(16)3-4-12(15)17/h9-10,13H,3-8H2,1-2H3. The number of imide groups is 1. The minimum absolute atomic E-state index is 0.00849. The van der Waals surface area contributed by atoms with E-state index < -0.39 is 0 Å². The predicted molar refractivity (Wildman–Crippen MR) is 64.5 cm³/mol. The van der Waals surface area contributed by atoms with E-state index >= 15 is 0 Å². The van der Waals surface area contributed by atoms with Gasteiger partial charge in [0.2, 0.25) is 11.8 Å². The molecule has 0 aliphatic carbocycles. The summed E-state index contributed by atoms with van der Waals surface area (Å²) in [6.45, 7) is 7.64. The molecule has 5 heteroatoms. The molecule has 2 heterocycles. The molecule has 2 atom stereocenters. The topological polar surface area (TPSA) is 52.7 Å². The van der Waals surface area contributed by atoms with Gasteiger partial charge in [0.05, 0.1) is 0 Å². The second kappa shape index (κ2) is 5.14. The number of likely N-dealkylation sites (tertiary alicyclic amines) is 1. The van der Waals surface area contributed by atoms with Gasteiger partial charge in [0.25, 0.3) is 0 Å². The molecule has 0 aromatic heterocycles. The van der Waals surface area contributed by atoms with Gasteiger partial charge in [-0.2, -0.15) is 0 Å². The Morgan fingerprint density at radius 1 is 1.18 bits per heavy atom. The molecule has 1 N–H and O–H groups in total. The molecule has 2 saturated heterocycles. The number of amides is 2. The molecular formula is C12H21N3O2. The van der Waals surface area contributed by atoms with Crippen LogP contribution in [0.3, 0.4) is 0 Å². The summed E-state index contributed by atoms with van der Waals surface area (Å²) in [6.07, 6.45) is 0.790. The second-order valence-corrected chi connectivity index (χ2v) is 5.09. The Morgan fingerprint density at radius 2 is 1.82 bits per heavy atom. The van der Waals surface area contributed by atoms with Crippen LogP contribution in [0, 0.1) is 0 Å². The molecule has 0 aromatic carbocycles. The number of piperazine rings is 1. The van der Waals surface area contributed by atoms with Gasteiger partial charge in [-0.05, 0) is 13.8 Å². The summed E-state index contributed by atoms with van der Waals surface area (Å²) in [6, 6.07) is 0.954. The molecule has 0 saturated carbocycles. The average molecular weight is 239 g/mol. The number of hydrogen-bond donors (Lipinski definition) is 1. The zero-order chi connectivity index (χ0) is 12.4. The first kappa shape index (κ1) is 12.5. The summed E-state index contributed by atoms with van der Waals surface area (Å²) in [5, 5.41) is 3.42. The maximum absolute atomic E-state index is 11.5. The molecule has 2 amide bonds. The van der Waals surface area contributed by atoms with Crippen molar-refractivity contribution in [2.75, 3.05) is 26.2 Å². The van der Waals surface area contributed by atoms with Crippen LogP contribution in [0.25, 0.3) is 0 Å². The van der Waals surface area contributed by atoms with Crippen LogP contribution in [-0.2, 0) is 9.59 Å². The number of carbonyl (C=O) groups is 2. The number of nitrogens with one attached hydrogen (secondary N) is 1. The van der Waals surface area contributed by atoms with E-state index in [1.165, 1.54) is 4.90 Å². The van der Waals surface area contributed by atoms with Crippen molar-refractivity contribution in [2.24, 2.45) is 0 Å². The van der Waals surface area contributed by atoms with Crippen LogP contribution in [0.4, 0.5) is 0 Å². The SMILES string of the molecule is CC1CN(CCN2C(=O)CCC2=O)C(C)CN1. The van der Waals surface area contributed by atoms with Crippen molar-refractivity contribution in [2.45, 2.75) is 38.8 Å². The molecule has 17 heavy (non-hydrogen) atoms. The Labute approximate surface area is 102 Å². The van der Waals surface area contributed by atoms with Crippen LogP contribution >= 0.6 is 0 Å². The number of nitrogens with zero attached hydrogens (tertiary/aromatic N) is 2. The Hall–Kier alpha value is -0.940. The highest BCUT2D eigenvalue weighted by atomic mass is 16.2. The Kier molecular flexibility index (Phi) is 3.79. The highest BCUT2D eigenvalue weighted by Crippen LogP contribution is 2.12. The maximum atomic E-state index is 11.5. The average Bonchev–Trinajstić information content (AvgIpc) is 2.61. The molecule has 2 fully saturated rings. The van der Waals surface area contributed by atoms with Crippen LogP contribution in [-0.4, -0.2) is 59.9 Å². The van der Waals surface area contributed by atoms with Gasteiger partial charge < -0.3 is 5.32 Å². The Bertz CT molecular complexity index is 303. The van der Waals surface area contributed by atoms with Gasteiger partial charge >= 0.3 is 0 Å². The third-order valence-corrected chi connectivity index (χ3v) is 3.66. The van der Waals surface area contributed by atoms with E-state index in [0.29, 0.717) is 31.5 Å². The van der Waals surface area contributed by atoms with Crippen molar-refractivity contribution >= 4 is 11.8 Å². The Morgan fingerprint density at radius 3 is 2.47 bits per heavy atom. The van der Waals surface area contributed by atoms with E-state index in [4.69, 9.17) is 0 Å². The fourth-order valence-corrected chi connectivity index (χ4v) is 2.51. The highest BCUT2D eigenvalue weighted by molar-refractivity contribution is 6.01. The van der Waals surface area contributed by atoms with Crippen LogP contribution in [0.5, 0.6) is 0 Å². The lowest BCUT2D eigenvalue weighted by Crippen LogP contribution is -2.55. The first-order valence-electron chi connectivity index (χ1n) is 6.38. The molecule has 2 aliphatic rings. The summed E-state index contributed by atoms with van der Waals surface area (Å²) >= 11 is 0. The normalized spacial score (nSPS) is 31.3. The second-order valence-electron chi connectivity index (χ2n) is 5.09.